The fourth-order valence-electron chi connectivity index (χ4n) is 8.20. The summed E-state index contributed by atoms with van der Waals surface area (Å²) in [6.07, 6.45) is 10.9. The third-order valence-corrected chi connectivity index (χ3v) is 10.6. The van der Waals surface area contributed by atoms with Crippen LogP contribution in [0.15, 0.2) is 152 Å². The number of aryl methyl sites for hydroxylation is 1. The zero-order chi connectivity index (χ0) is 35.2. The Kier molecular flexibility index (Phi) is 8.70. The number of nitrogens with zero attached hydrogens (tertiary/aromatic N) is 1. The van der Waals surface area contributed by atoms with Crippen LogP contribution in [0, 0.1) is 6.92 Å². The van der Waals surface area contributed by atoms with Gasteiger partial charge in [-0.15, -0.1) is 0 Å². The van der Waals surface area contributed by atoms with Crippen LogP contribution < -0.4 is 0 Å². The monoisotopic (exact) mass is 649 g/mol. The first-order chi connectivity index (χ1) is 24.2. The van der Waals surface area contributed by atoms with E-state index in [2.05, 4.69) is 181 Å². The van der Waals surface area contributed by atoms with Crippen LogP contribution in [0.1, 0.15) is 80.8 Å². The predicted octanol–water partition coefficient (Wildman–Crippen LogP) is 13.7. The van der Waals surface area contributed by atoms with Crippen molar-refractivity contribution >= 4 is 33.0 Å². The van der Waals surface area contributed by atoms with Crippen molar-refractivity contribution in [2.24, 2.45) is 0 Å². The third kappa shape index (κ3) is 5.24. The molecule has 248 valence electrons. The van der Waals surface area contributed by atoms with Gasteiger partial charge in [-0.3, -0.25) is 0 Å². The second kappa shape index (κ2) is 13.1. The van der Waals surface area contributed by atoms with Gasteiger partial charge in [-0.05, 0) is 113 Å². The van der Waals surface area contributed by atoms with Gasteiger partial charge in [-0.2, -0.15) is 0 Å². The van der Waals surface area contributed by atoms with Gasteiger partial charge in [0.1, 0.15) is 0 Å². The first kappa shape index (κ1) is 33.1. The molecule has 1 aromatic heterocycles. The lowest BCUT2D eigenvalue weighted by Crippen LogP contribution is -2.14. The number of rotatable bonds is 9. The van der Waals surface area contributed by atoms with Gasteiger partial charge in [-0.1, -0.05) is 149 Å². The Labute approximate surface area is 298 Å². The molecule has 1 nitrogen and oxygen atoms in total. The fraction of sp³-hybridized carbons (Fsp3) is 0.184. The van der Waals surface area contributed by atoms with Crippen LogP contribution in [0.2, 0.25) is 0 Å². The molecule has 50 heavy (non-hydrogen) atoms. The maximum absolute atomic E-state index is 4.38. The number of allylic oxidation sites excluding steroid dienone is 7. The lowest BCUT2D eigenvalue weighted by atomic mass is 9.82. The summed E-state index contributed by atoms with van der Waals surface area (Å²) in [5, 5.41) is 2.58. The Balaban J connectivity index is 1.59. The lowest BCUT2D eigenvalue weighted by molar-refractivity contribution is 0.661. The highest BCUT2D eigenvalue weighted by Gasteiger charge is 2.37. The highest BCUT2D eigenvalue weighted by Crippen LogP contribution is 2.54. The van der Waals surface area contributed by atoms with Crippen molar-refractivity contribution in [1.29, 1.82) is 0 Å². The van der Waals surface area contributed by atoms with Gasteiger partial charge in [0, 0.05) is 21.9 Å². The minimum Gasteiger partial charge on any atom is -0.309 e. The van der Waals surface area contributed by atoms with Gasteiger partial charge in [0.2, 0.25) is 0 Å². The van der Waals surface area contributed by atoms with E-state index < -0.39 is 0 Å². The summed E-state index contributed by atoms with van der Waals surface area (Å²) in [6.45, 7) is 22.0. The van der Waals surface area contributed by atoms with Crippen molar-refractivity contribution in [2.45, 2.75) is 59.8 Å². The van der Waals surface area contributed by atoms with Crippen LogP contribution in [0.25, 0.3) is 49.8 Å². The van der Waals surface area contributed by atoms with Crippen LogP contribution in [-0.4, -0.2) is 4.57 Å². The Morgan fingerprint density at radius 2 is 1.44 bits per heavy atom. The summed E-state index contributed by atoms with van der Waals surface area (Å²) in [5.74, 6) is 0. The molecule has 0 radical (unpaired) electrons. The van der Waals surface area contributed by atoms with Crippen molar-refractivity contribution in [3.63, 3.8) is 0 Å². The highest BCUT2D eigenvalue weighted by atomic mass is 15.0. The normalized spacial score (nSPS) is 14.2. The van der Waals surface area contributed by atoms with Gasteiger partial charge in [0.25, 0.3) is 0 Å². The van der Waals surface area contributed by atoms with Crippen LogP contribution in [0.5, 0.6) is 0 Å². The molecule has 0 saturated heterocycles. The number of benzene rings is 5. The predicted molar refractivity (Wildman–Crippen MR) is 218 cm³/mol. The maximum Gasteiger partial charge on any atom is 0.0547 e. The van der Waals surface area contributed by atoms with Gasteiger partial charge < -0.3 is 4.57 Å². The van der Waals surface area contributed by atoms with Gasteiger partial charge >= 0.3 is 0 Å². The van der Waals surface area contributed by atoms with Crippen molar-refractivity contribution in [3.05, 3.63) is 185 Å². The van der Waals surface area contributed by atoms with Gasteiger partial charge in [0.05, 0.1) is 11.0 Å². The lowest BCUT2D eigenvalue weighted by Gasteiger charge is -2.21. The Hall–Kier alpha value is -5.40. The molecule has 5 aromatic carbocycles. The van der Waals surface area contributed by atoms with Crippen molar-refractivity contribution in [1.82, 2.24) is 4.57 Å². The molecule has 0 bridgehead atoms. The quantitative estimate of drug-likeness (QED) is 0.137. The molecule has 0 atom stereocenters. The molecular formula is C49H47N. The first-order valence-electron chi connectivity index (χ1n) is 18.0. The molecule has 0 saturated carbocycles. The summed E-state index contributed by atoms with van der Waals surface area (Å²) in [7, 11) is 0. The van der Waals surface area contributed by atoms with E-state index in [9.17, 15) is 0 Å². The molecule has 0 aliphatic heterocycles. The van der Waals surface area contributed by atoms with E-state index in [1.807, 2.05) is 6.08 Å². The molecular weight excluding hydrogens is 603 g/mol. The zero-order valence-electron chi connectivity index (χ0n) is 30.4. The van der Waals surface area contributed by atoms with Crippen molar-refractivity contribution < 1.29 is 0 Å². The summed E-state index contributed by atoms with van der Waals surface area (Å²) < 4.78 is 2.48. The Morgan fingerprint density at radius 3 is 2.12 bits per heavy atom. The van der Waals surface area contributed by atoms with E-state index in [-0.39, 0.29) is 5.41 Å². The van der Waals surface area contributed by atoms with E-state index in [1.54, 1.807) is 0 Å². The second-order valence-corrected chi connectivity index (χ2v) is 14.2. The molecule has 1 heteroatoms. The highest BCUT2D eigenvalue weighted by molar-refractivity contribution is 6.22. The minimum atomic E-state index is -0.106. The smallest absolute Gasteiger partial charge is 0.0547 e. The van der Waals surface area contributed by atoms with E-state index in [0.29, 0.717) is 0 Å². The molecule has 1 heterocycles. The third-order valence-electron chi connectivity index (χ3n) is 10.6. The van der Waals surface area contributed by atoms with E-state index in [0.717, 1.165) is 35.2 Å². The molecule has 1 aliphatic rings. The largest absolute Gasteiger partial charge is 0.309 e. The van der Waals surface area contributed by atoms with Crippen LogP contribution in [0.4, 0.5) is 0 Å². The average Bonchev–Trinajstić information content (AvgIpc) is 3.58. The van der Waals surface area contributed by atoms with E-state index >= 15 is 0 Å². The Morgan fingerprint density at radius 1 is 0.780 bits per heavy atom. The van der Waals surface area contributed by atoms with E-state index in [4.69, 9.17) is 0 Å². The SMILES string of the molecule is C=C/C(C(=C)C)=C(\C=C/C)c1c(C)ccc2c1c1c3c(ccc1n2-c1ccc(/C(=C/CCC)c2ccccc2)cc1)C(C)(C)c1ccccc1-3. The van der Waals surface area contributed by atoms with Crippen LogP contribution >= 0.6 is 0 Å². The molecule has 6 aromatic rings. The van der Waals surface area contributed by atoms with Gasteiger partial charge in [0.15, 0.2) is 0 Å². The topological polar surface area (TPSA) is 4.93 Å². The standard InChI is InChI=1S/C49H47N/c1-9-12-21-38(34-19-14-13-15-20-34)35-25-27-36(28-26-35)50-43-30-24-33(6)45(39(18-10-2)37(11-3)32(4)5)47(43)48-44(50)31-29-42-46(48)40-22-16-17-23-41(40)49(42,7)8/h10-11,13-31H,3-4,9,12H2,1-2,5-8H3/b18-10-,38-21+,39-37-. The van der Waals surface area contributed by atoms with E-state index in [1.165, 1.54) is 71.9 Å². The minimum absolute atomic E-state index is 0.106. The number of aromatic nitrogens is 1. The molecule has 0 N–H and O–H groups in total. The first-order valence-corrected chi connectivity index (χ1v) is 18.0. The Bertz CT molecular complexity index is 2380. The number of fused-ring (bicyclic) bond motifs is 7. The van der Waals surface area contributed by atoms with Crippen molar-refractivity contribution in [3.8, 4) is 16.8 Å². The summed E-state index contributed by atoms with van der Waals surface area (Å²) in [5.41, 5.74) is 18.4. The summed E-state index contributed by atoms with van der Waals surface area (Å²) in [6, 6.07) is 38.3. The summed E-state index contributed by atoms with van der Waals surface area (Å²) >= 11 is 0. The molecule has 0 unspecified atom stereocenters. The molecule has 1 aliphatic carbocycles. The molecule has 7 rings (SSSR count). The van der Waals surface area contributed by atoms with Crippen LogP contribution in [-0.2, 0) is 5.41 Å². The fourth-order valence-corrected chi connectivity index (χ4v) is 8.20. The molecule has 0 spiro atoms. The average molecular weight is 650 g/mol. The van der Waals surface area contributed by atoms with Crippen LogP contribution in [0.3, 0.4) is 0 Å². The maximum atomic E-state index is 4.38. The number of unbranched alkanes of at least 4 members (excludes halogenated alkanes) is 1. The number of hydrogen-bond donors (Lipinski definition) is 0. The second-order valence-electron chi connectivity index (χ2n) is 14.2. The zero-order valence-corrected chi connectivity index (χ0v) is 30.4. The molecule has 0 amide bonds. The summed E-state index contributed by atoms with van der Waals surface area (Å²) in [4.78, 5) is 0. The van der Waals surface area contributed by atoms with Crippen molar-refractivity contribution in [2.75, 3.05) is 0 Å². The number of hydrogen-bond acceptors (Lipinski definition) is 0. The molecule has 0 fully saturated rings. The van der Waals surface area contributed by atoms with Gasteiger partial charge in [-0.25, -0.2) is 0 Å².